The lowest BCUT2D eigenvalue weighted by atomic mass is 10.1. The zero-order chi connectivity index (χ0) is 16.1. The number of nitrogens with zero attached hydrogens (tertiary/aromatic N) is 2. The van der Waals surface area contributed by atoms with Crippen molar-refractivity contribution in [2.75, 3.05) is 11.9 Å². The van der Waals surface area contributed by atoms with Gasteiger partial charge in [-0.3, -0.25) is 14.4 Å². The topological polar surface area (TPSA) is 67.3 Å². The van der Waals surface area contributed by atoms with Gasteiger partial charge in [-0.2, -0.15) is 0 Å². The predicted octanol–water partition coefficient (Wildman–Crippen LogP) is 2.51. The maximum Gasteiger partial charge on any atom is 0.205 e. The van der Waals surface area contributed by atoms with E-state index < -0.39 is 11.6 Å². The van der Waals surface area contributed by atoms with Crippen LogP contribution in [0.5, 0.6) is 0 Å². The molecule has 1 aromatic heterocycles. The van der Waals surface area contributed by atoms with Crippen LogP contribution in [0.3, 0.4) is 0 Å². The highest BCUT2D eigenvalue weighted by Gasteiger charge is 2.18. The molecule has 2 aromatic rings. The standard InChI is InChI=1S/C16H16N2O3S/c1-11(19)13(20)8-14(21)15-9-17-16(22-15)18(2)10-12-6-4-3-5-7-12/h3-7,9H,8,10H2,1-2H3. The fourth-order valence-electron chi connectivity index (χ4n) is 1.85. The van der Waals surface area contributed by atoms with Gasteiger partial charge in [-0.15, -0.1) is 0 Å². The first kappa shape index (κ1) is 16.0. The van der Waals surface area contributed by atoms with Gasteiger partial charge in [0.2, 0.25) is 5.78 Å². The largest absolute Gasteiger partial charge is 0.347 e. The van der Waals surface area contributed by atoms with Gasteiger partial charge in [0.25, 0.3) is 0 Å². The normalized spacial score (nSPS) is 10.3. The van der Waals surface area contributed by atoms with Gasteiger partial charge < -0.3 is 4.90 Å². The molecule has 0 spiro atoms. The summed E-state index contributed by atoms with van der Waals surface area (Å²) in [6, 6.07) is 9.92. The van der Waals surface area contributed by atoms with Crippen molar-refractivity contribution in [3.63, 3.8) is 0 Å². The number of hydrogen-bond acceptors (Lipinski definition) is 6. The third-order valence-electron chi connectivity index (χ3n) is 3.07. The highest BCUT2D eigenvalue weighted by Crippen LogP contribution is 2.24. The molecule has 1 heterocycles. The minimum atomic E-state index is -0.669. The zero-order valence-corrected chi connectivity index (χ0v) is 13.2. The molecule has 2 rings (SSSR count). The second-order valence-corrected chi connectivity index (χ2v) is 5.94. The lowest BCUT2D eigenvalue weighted by molar-refractivity contribution is -0.134. The van der Waals surface area contributed by atoms with Crippen molar-refractivity contribution in [2.45, 2.75) is 19.9 Å². The number of carbonyl (C=O) groups excluding carboxylic acids is 3. The molecule has 0 atom stereocenters. The van der Waals surface area contributed by atoms with E-state index in [-0.39, 0.29) is 12.2 Å². The Kier molecular flexibility index (Phi) is 5.16. The summed E-state index contributed by atoms with van der Waals surface area (Å²) in [6.45, 7) is 1.84. The summed E-state index contributed by atoms with van der Waals surface area (Å²) in [6.07, 6.45) is 1.07. The van der Waals surface area contributed by atoms with Crippen LogP contribution in [0.2, 0.25) is 0 Å². The number of carbonyl (C=O) groups is 3. The Balaban J connectivity index is 2.03. The molecule has 0 unspecified atom stereocenters. The number of aromatic nitrogens is 1. The molecule has 0 saturated heterocycles. The van der Waals surface area contributed by atoms with Crippen LogP contribution in [0.25, 0.3) is 0 Å². The second-order valence-electron chi connectivity index (χ2n) is 4.93. The fraction of sp³-hybridized carbons (Fsp3) is 0.250. The van der Waals surface area contributed by atoms with Crippen LogP contribution in [0.15, 0.2) is 36.5 Å². The Bertz CT molecular complexity index is 694. The highest BCUT2D eigenvalue weighted by atomic mass is 32.1. The maximum absolute atomic E-state index is 11.9. The molecular weight excluding hydrogens is 300 g/mol. The Hall–Kier alpha value is -2.34. The summed E-state index contributed by atoms with van der Waals surface area (Å²) in [5.41, 5.74) is 1.14. The lowest BCUT2D eigenvalue weighted by Gasteiger charge is -2.15. The predicted molar refractivity (Wildman–Crippen MR) is 85.3 cm³/mol. The Labute approximate surface area is 132 Å². The first-order valence-corrected chi connectivity index (χ1v) is 7.57. The molecule has 114 valence electrons. The van der Waals surface area contributed by atoms with Crippen LogP contribution in [0.1, 0.15) is 28.6 Å². The average molecular weight is 316 g/mol. The Morgan fingerprint density at radius 3 is 2.50 bits per heavy atom. The number of anilines is 1. The quantitative estimate of drug-likeness (QED) is 0.446. The molecule has 0 aliphatic carbocycles. The number of rotatable bonds is 7. The molecule has 0 aliphatic heterocycles. The monoisotopic (exact) mass is 316 g/mol. The minimum absolute atomic E-state index is 0.364. The third kappa shape index (κ3) is 4.08. The van der Waals surface area contributed by atoms with Gasteiger partial charge >= 0.3 is 0 Å². The number of ketones is 3. The van der Waals surface area contributed by atoms with E-state index in [1.807, 2.05) is 42.3 Å². The smallest absolute Gasteiger partial charge is 0.205 e. The fourth-order valence-corrected chi connectivity index (χ4v) is 2.67. The van der Waals surface area contributed by atoms with Crippen molar-refractivity contribution in [1.29, 1.82) is 0 Å². The van der Waals surface area contributed by atoms with Gasteiger partial charge in [0.15, 0.2) is 16.7 Å². The SMILES string of the molecule is CC(=O)C(=O)CC(=O)c1cnc(N(C)Cc2ccccc2)s1. The van der Waals surface area contributed by atoms with Crippen molar-refractivity contribution in [2.24, 2.45) is 0 Å². The molecule has 0 amide bonds. The number of benzene rings is 1. The van der Waals surface area contributed by atoms with Crippen LogP contribution in [0, 0.1) is 0 Å². The zero-order valence-electron chi connectivity index (χ0n) is 12.4. The van der Waals surface area contributed by atoms with Crippen LogP contribution < -0.4 is 4.90 Å². The molecule has 0 bridgehead atoms. The Morgan fingerprint density at radius 1 is 1.18 bits per heavy atom. The van der Waals surface area contributed by atoms with E-state index in [1.54, 1.807) is 0 Å². The molecule has 6 heteroatoms. The summed E-state index contributed by atoms with van der Waals surface area (Å²) in [4.78, 5) is 40.7. The van der Waals surface area contributed by atoms with E-state index in [2.05, 4.69) is 4.98 Å². The summed E-state index contributed by atoms with van der Waals surface area (Å²) in [7, 11) is 1.89. The molecule has 0 fully saturated rings. The van der Waals surface area contributed by atoms with E-state index in [0.29, 0.717) is 16.6 Å². The van der Waals surface area contributed by atoms with Gasteiger partial charge in [-0.1, -0.05) is 41.7 Å². The molecule has 0 aliphatic rings. The summed E-state index contributed by atoms with van der Waals surface area (Å²) < 4.78 is 0. The van der Waals surface area contributed by atoms with Gasteiger partial charge in [0.05, 0.1) is 17.5 Å². The van der Waals surface area contributed by atoms with Gasteiger partial charge in [-0.25, -0.2) is 4.98 Å². The molecule has 5 nitrogen and oxygen atoms in total. The average Bonchev–Trinajstić information content (AvgIpc) is 2.98. The second kappa shape index (κ2) is 7.09. The highest BCUT2D eigenvalue weighted by molar-refractivity contribution is 7.17. The van der Waals surface area contributed by atoms with E-state index in [4.69, 9.17) is 0 Å². The Morgan fingerprint density at radius 2 is 1.86 bits per heavy atom. The van der Waals surface area contributed by atoms with E-state index in [9.17, 15) is 14.4 Å². The third-order valence-corrected chi connectivity index (χ3v) is 4.22. The summed E-state index contributed by atoms with van der Waals surface area (Å²) >= 11 is 1.22. The van der Waals surface area contributed by atoms with Crippen molar-refractivity contribution in [3.8, 4) is 0 Å². The van der Waals surface area contributed by atoms with Crippen LogP contribution in [-0.4, -0.2) is 29.4 Å². The number of thiazole rings is 1. The van der Waals surface area contributed by atoms with Crippen molar-refractivity contribution >= 4 is 33.8 Å². The van der Waals surface area contributed by atoms with Crippen molar-refractivity contribution in [1.82, 2.24) is 4.98 Å². The summed E-state index contributed by atoms with van der Waals surface area (Å²) in [5, 5.41) is 0.697. The molecule has 0 N–H and O–H groups in total. The van der Waals surface area contributed by atoms with Gasteiger partial charge in [0.1, 0.15) is 0 Å². The van der Waals surface area contributed by atoms with E-state index in [0.717, 1.165) is 5.56 Å². The number of Topliss-reactive ketones (excluding diaryl/α,β-unsaturated/α-hetero) is 3. The van der Waals surface area contributed by atoms with Crippen LogP contribution in [0.4, 0.5) is 5.13 Å². The first-order valence-electron chi connectivity index (χ1n) is 6.75. The van der Waals surface area contributed by atoms with Gasteiger partial charge in [-0.05, 0) is 5.56 Å². The lowest BCUT2D eigenvalue weighted by Crippen LogP contribution is -2.15. The molecule has 22 heavy (non-hydrogen) atoms. The molecular formula is C16H16N2O3S. The van der Waals surface area contributed by atoms with E-state index >= 15 is 0 Å². The first-order chi connectivity index (χ1) is 10.5. The van der Waals surface area contributed by atoms with Crippen molar-refractivity contribution < 1.29 is 14.4 Å². The maximum atomic E-state index is 11.9. The van der Waals surface area contributed by atoms with Gasteiger partial charge in [0, 0.05) is 20.5 Å². The van der Waals surface area contributed by atoms with E-state index in [1.165, 1.54) is 24.5 Å². The number of hydrogen-bond donors (Lipinski definition) is 0. The minimum Gasteiger partial charge on any atom is -0.347 e. The summed E-state index contributed by atoms with van der Waals surface area (Å²) in [5.74, 6) is -1.63. The van der Waals surface area contributed by atoms with Crippen LogP contribution >= 0.6 is 11.3 Å². The van der Waals surface area contributed by atoms with Crippen molar-refractivity contribution in [3.05, 3.63) is 47.0 Å². The molecule has 1 aromatic carbocycles. The molecule has 0 saturated carbocycles. The van der Waals surface area contributed by atoms with Crippen LogP contribution in [-0.2, 0) is 16.1 Å². The molecule has 0 radical (unpaired) electrons.